The largest absolute Gasteiger partial charge is 0.350 e. The summed E-state index contributed by atoms with van der Waals surface area (Å²) in [5.41, 5.74) is 3.45. The van der Waals surface area contributed by atoms with E-state index in [0.717, 1.165) is 16.7 Å². The molecule has 0 aliphatic carbocycles. The summed E-state index contributed by atoms with van der Waals surface area (Å²) in [5.74, 6) is -0.266. The Morgan fingerprint density at radius 3 is 2.34 bits per heavy atom. The van der Waals surface area contributed by atoms with Gasteiger partial charge in [0.15, 0.2) is 0 Å². The molecule has 1 atom stereocenters. The highest BCUT2D eigenvalue weighted by Gasteiger charge is 2.40. The van der Waals surface area contributed by atoms with Crippen LogP contribution in [0.3, 0.4) is 0 Å². The van der Waals surface area contributed by atoms with Gasteiger partial charge in [0.25, 0.3) is 5.91 Å². The lowest BCUT2D eigenvalue weighted by atomic mass is 10.0. The van der Waals surface area contributed by atoms with Crippen LogP contribution in [0.4, 0.5) is 0 Å². The fraction of sp³-hybridized carbons (Fsp3) is 0.167. The van der Waals surface area contributed by atoms with Gasteiger partial charge in [-0.15, -0.1) is 0 Å². The van der Waals surface area contributed by atoms with E-state index >= 15 is 0 Å². The molecule has 0 fully saturated rings. The number of nitrogens with one attached hydrogen (secondary N) is 1. The predicted molar refractivity (Wildman–Crippen MR) is 114 cm³/mol. The van der Waals surface area contributed by atoms with Gasteiger partial charge < -0.3 is 10.2 Å². The molecule has 0 radical (unpaired) electrons. The van der Waals surface area contributed by atoms with Crippen LogP contribution in [-0.4, -0.2) is 23.3 Å². The van der Waals surface area contributed by atoms with Gasteiger partial charge in [0.05, 0.1) is 0 Å². The first-order valence-electron chi connectivity index (χ1n) is 9.59. The molecule has 0 aromatic heterocycles. The van der Waals surface area contributed by atoms with Gasteiger partial charge in [-0.3, -0.25) is 9.59 Å². The van der Waals surface area contributed by atoms with Gasteiger partial charge in [-0.2, -0.15) is 0 Å². The Hall–Kier alpha value is -3.11. The quantitative estimate of drug-likeness (QED) is 0.662. The van der Waals surface area contributed by atoms with E-state index in [2.05, 4.69) is 5.32 Å². The van der Waals surface area contributed by atoms with Crippen LogP contribution in [0, 0.1) is 0 Å². The minimum atomic E-state index is -0.616. The standard InChI is InChI=1S/C24H21ClN2O2/c25-19-12-10-17(11-13-19)14-15-27-22(20-8-4-5-9-21(20)24(27)29)23(28)26-16-18-6-2-1-3-7-18/h1-13,22H,14-16H2,(H,26,28). The van der Waals surface area contributed by atoms with Gasteiger partial charge in [0.2, 0.25) is 5.91 Å². The average molecular weight is 405 g/mol. The van der Waals surface area contributed by atoms with E-state index in [9.17, 15) is 9.59 Å². The molecule has 146 valence electrons. The van der Waals surface area contributed by atoms with Crippen molar-refractivity contribution in [1.82, 2.24) is 10.2 Å². The molecule has 0 spiro atoms. The van der Waals surface area contributed by atoms with Crippen molar-refractivity contribution < 1.29 is 9.59 Å². The maximum atomic E-state index is 13.1. The first-order valence-corrected chi connectivity index (χ1v) is 9.97. The molecule has 1 N–H and O–H groups in total. The smallest absolute Gasteiger partial charge is 0.255 e. The molecule has 1 heterocycles. The second kappa shape index (κ2) is 8.50. The van der Waals surface area contributed by atoms with Crippen molar-refractivity contribution in [2.24, 2.45) is 0 Å². The number of hydrogen-bond acceptors (Lipinski definition) is 2. The third-order valence-electron chi connectivity index (χ3n) is 5.17. The third-order valence-corrected chi connectivity index (χ3v) is 5.42. The van der Waals surface area contributed by atoms with Crippen LogP contribution >= 0.6 is 11.6 Å². The summed E-state index contributed by atoms with van der Waals surface area (Å²) in [6, 6.07) is 24.0. The fourth-order valence-corrected chi connectivity index (χ4v) is 3.79. The Kier molecular flexibility index (Phi) is 5.63. The van der Waals surface area contributed by atoms with Crippen molar-refractivity contribution in [3.63, 3.8) is 0 Å². The van der Waals surface area contributed by atoms with Gasteiger partial charge in [0, 0.05) is 23.7 Å². The van der Waals surface area contributed by atoms with Crippen molar-refractivity contribution >= 4 is 23.4 Å². The van der Waals surface area contributed by atoms with Crippen molar-refractivity contribution in [3.8, 4) is 0 Å². The van der Waals surface area contributed by atoms with E-state index in [0.29, 0.717) is 30.1 Å². The molecule has 1 unspecified atom stereocenters. The summed E-state index contributed by atoms with van der Waals surface area (Å²) < 4.78 is 0. The summed E-state index contributed by atoms with van der Waals surface area (Å²) in [4.78, 5) is 27.7. The van der Waals surface area contributed by atoms with Crippen molar-refractivity contribution in [1.29, 1.82) is 0 Å². The Labute approximate surface area is 175 Å². The summed E-state index contributed by atoms with van der Waals surface area (Å²) >= 11 is 5.96. The van der Waals surface area contributed by atoms with Gasteiger partial charge in [0.1, 0.15) is 6.04 Å². The number of hydrogen-bond donors (Lipinski definition) is 1. The molecule has 5 heteroatoms. The van der Waals surface area contributed by atoms with E-state index in [-0.39, 0.29) is 11.8 Å². The first kappa shape index (κ1) is 19.2. The monoisotopic (exact) mass is 404 g/mol. The molecular formula is C24H21ClN2O2. The zero-order valence-electron chi connectivity index (χ0n) is 15.8. The summed E-state index contributed by atoms with van der Waals surface area (Å²) in [7, 11) is 0. The van der Waals surface area contributed by atoms with Gasteiger partial charge in [-0.05, 0) is 41.3 Å². The van der Waals surface area contributed by atoms with Crippen LogP contribution in [-0.2, 0) is 17.8 Å². The number of amides is 2. The SMILES string of the molecule is O=C(NCc1ccccc1)C1c2ccccc2C(=O)N1CCc1ccc(Cl)cc1. The molecule has 0 saturated carbocycles. The molecule has 3 aromatic rings. The van der Waals surface area contributed by atoms with Gasteiger partial charge >= 0.3 is 0 Å². The highest BCUT2D eigenvalue weighted by atomic mass is 35.5. The molecule has 4 nitrogen and oxygen atoms in total. The van der Waals surface area contributed by atoms with Crippen molar-refractivity contribution in [2.75, 3.05) is 6.54 Å². The van der Waals surface area contributed by atoms with E-state index in [1.165, 1.54) is 0 Å². The Morgan fingerprint density at radius 2 is 1.59 bits per heavy atom. The van der Waals surface area contributed by atoms with E-state index in [4.69, 9.17) is 11.6 Å². The Balaban J connectivity index is 1.53. The normalized spacial score (nSPS) is 15.3. The zero-order valence-corrected chi connectivity index (χ0v) is 16.6. The van der Waals surface area contributed by atoms with Crippen LogP contribution in [0.2, 0.25) is 5.02 Å². The van der Waals surface area contributed by atoms with Crippen molar-refractivity contribution in [2.45, 2.75) is 19.0 Å². The van der Waals surface area contributed by atoms with Crippen LogP contribution < -0.4 is 5.32 Å². The molecule has 29 heavy (non-hydrogen) atoms. The molecule has 0 bridgehead atoms. The summed E-state index contributed by atoms with van der Waals surface area (Å²) in [5, 5.41) is 3.67. The van der Waals surface area contributed by atoms with Gasteiger partial charge in [-0.25, -0.2) is 0 Å². The summed E-state index contributed by atoms with van der Waals surface area (Å²) in [6.45, 7) is 0.885. The topological polar surface area (TPSA) is 49.4 Å². The molecule has 4 rings (SSSR count). The second-order valence-corrected chi connectivity index (χ2v) is 7.50. The van der Waals surface area contributed by atoms with Crippen molar-refractivity contribution in [3.05, 3.63) is 106 Å². The first-order chi connectivity index (χ1) is 14.1. The van der Waals surface area contributed by atoms with Crippen LogP contribution in [0.15, 0.2) is 78.9 Å². The number of halogens is 1. The maximum Gasteiger partial charge on any atom is 0.255 e. The Bertz CT molecular complexity index is 1020. The van der Waals surface area contributed by atoms with E-state index in [1.807, 2.05) is 72.8 Å². The minimum Gasteiger partial charge on any atom is -0.350 e. The molecule has 0 saturated heterocycles. The van der Waals surface area contributed by atoms with Gasteiger partial charge in [-0.1, -0.05) is 72.3 Å². The Morgan fingerprint density at radius 1 is 0.897 bits per heavy atom. The molecule has 3 aromatic carbocycles. The minimum absolute atomic E-state index is 0.102. The maximum absolute atomic E-state index is 13.1. The van der Waals surface area contributed by atoms with Crippen LogP contribution in [0.25, 0.3) is 0 Å². The number of rotatable bonds is 6. The van der Waals surface area contributed by atoms with E-state index < -0.39 is 6.04 Å². The lowest BCUT2D eigenvalue weighted by Gasteiger charge is -2.25. The highest BCUT2D eigenvalue weighted by molar-refractivity contribution is 6.30. The zero-order chi connectivity index (χ0) is 20.2. The number of nitrogens with zero attached hydrogens (tertiary/aromatic N) is 1. The highest BCUT2D eigenvalue weighted by Crippen LogP contribution is 2.34. The number of benzene rings is 3. The molecule has 1 aliphatic rings. The lowest BCUT2D eigenvalue weighted by Crippen LogP contribution is -2.39. The van der Waals surface area contributed by atoms with Crippen LogP contribution in [0.5, 0.6) is 0 Å². The average Bonchev–Trinajstić information content (AvgIpc) is 3.04. The lowest BCUT2D eigenvalue weighted by molar-refractivity contribution is -0.125. The number of carbonyl (C=O) groups is 2. The van der Waals surface area contributed by atoms with E-state index in [1.54, 1.807) is 11.0 Å². The molecular weight excluding hydrogens is 384 g/mol. The fourth-order valence-electron chi connectivity index (χ4n) is 3.67. The third kappa shape index (κ3) is 4.17. The van der Waals surface area contributed by atoms with Crippen LogP contribution in [0.1, 0.15) is 33.1 Å². The number of fused-ring (bicyclic) bond motifs is 1. The predicted octanol–water partition coefficient (Wildman–Crippen LogP) is 4.40. The number of carbonyl (C=O) groups excluding carboxylic acids is 2. The second-order valence-electron chi connectivity index (χ2n) is 7.07. The molecule has 2 amide bonds. The summed E-state index contributed by atoms with van der Waals surface area (Å²) in [6.07, 6.45) is 0.652. The molecule has 1 aliphatic heterocycles.